The first-order chi connectivity index (χ1) is 14.4. The first-order valence-corrected chi connectivity index (χ1v) is 10.2. The average Bonchev–Trinajstić information content (AvgIpc) is 3.33. The van der Waals surface area contributed by atoms with E-state index in [1.807, 2.05) is 17.5 Å². The van der Waals surface area contributed by atoms with Crippen LogP contribution in [0.25, 0.3) is 5.76 Å². The first kappa shape index (κ1) is 20.0. The molecule has 0 radical (unpaired) electrons. The van der Waals surface area contributed by atoms with E-state index in [2.05, 4.69) is 0 Å². The van der Waals surface area contributed by atoms with Gasteiger partial charge < -0.3 is 20.2 Å². The van der Waals surface area contributed by atoms with Gasteiger partial charge in [0.1, 0.15) is 5.76 Å². The number of halogens is 1. The number of rotatable bonds is 4. The first-order valence-electron chi connectivity index (χ1n) is 8.95. The summed E-state index contributed by atoms with van der Waals surface area (Å²) in [7, 11) is 0. The maximum atomic E-state index is 12.9. The van der Waals surface area contributed by atoms with E-state index in [-0.39, 0.29) is 29.4 Å². The van der Waals surface area contributed by atoms with E-state index < -0.39 is 17.7 Å². The second kappa shape index (κ2) is 7.85. The second-order valence-electron chi connectivity index (χ2n) is 6.76. The van der Waals surface area contributed by atoms with Gasteiger partial charge in [-0.1, -0.05) is 23.7 Å². The number of Topliss-reactive ketones (excluding diaryl/α,β-unsaturated/α-hetero) is 1. The SMILES string of the molecule is O=C1C(=O)N(Cc2cccs2)C(c2ccc(O)c(O)c2)/C1=C(\O)c1ccc(Cl)cc1. The molecule has 8 heteroatoms. The number of nitrogens with zero attached hydrogens (tertiary/aromatic N) is 1. The molecule has 3 aromatic rings. The highest BCUT2D eigenvalue weighted by Gasteiger charge is 2.46. The summed E-state index contributed by atoms with van der Waals surface area (Å²) in [5.74, 6) is -2.63. The van der Waals surface area contributed by atoms with Gasteiger partial charge in [0.25, 0.3) is 11.7 Å². The van der Waals surface area contributed by atoms with Crippen LogP contribution in [0.2, 0.25) is 5.02 Å². The van der Waals surface area contributed by atoms with Crippen LogP contribution in [0.3, 0.4) is 0 Å². The molecule has 0 aliphatic carbocycles. The Morgan fingerprint density at radius 3 is 2.40 bits per heavy atom. The Labute approximate surface area is 180 Å². The largest absolute Gasteiger partial charge is 0.507 e. The van der Waals surface area contributed by atoms with Crippen LogP contribution in [0.4, 0.5) is 0 Å². The van der Waals surface area contributed by atoms with Crippen molar-refractivity contribution in [2.75, 3.05) is 0 Å². The van der Waals surface area contributed by atoms with Crippen molar-refractivity contribution in [1.82, 2.24) is 4.90 Å². The van der Waals surface area contributed by atoms with Gasteiger partial charge in [0.05, 0.1) is 18.2 Å². The zero-order chi connectivity index (χ0) is 21.4. The number of hydrogen-bond donors (Lipinski definition) is 3. The molecule has 2 aromatic carbocycles. The van der Waals surface area contributed by atoms with Crippen molar-refractivity contribution in [3.05, 3.63) is 86.6 Å². The molecule has 1 atom stereocenters. The zero-order valence-corrected chi connectivity index (χ0v) is 17.0. The van der Waals surface area contributed by atoms with Crippen LogP contribution >= 0.6 is 22.9 Å². The smallest absolute Gasteiger partial charge is 0.295 e. The molecule has 3 N–H and O–H groups in total. The lowest BCUT2D eigenvalue weighted by molar-refractivity contribution is -0.140. The third kappa shape index (κ3) is 3.53. The van der Waals surface area contributed by atoms with Gasteiger partial charge in [-0.05, 0) is 53.4 Å². The van der Waals surface area contributed by atoms with Crippen molar-refractivity contribution < 1.29 is 24.9 Å². The maximum absolute atomic E-state index is 12.9. The molecule has 30 heavy (non-hydrogen) atoms. The van der Waals surface area contributed by atoms with E-state index in [9.17, 15) is 24.9 Å². The Balaban J connectivity index is 1.88. The van der Waals surface area contributed by atoms with Crippen molar-refractivity contribution in [2.24, 2.45) is 0 Å². The number of aliphatic hydroxyl groups excluding tert-OH is 1. The summed E-state index contributed by atoms with van der Waals surface area (Å²) in [6, 6.07) is 13.0. The minimum absolute atomic E-state index is 0.0935. The van der Waals surface area contributed by atoms with Gasteiger partial charge in [0.2, 0.25) is 0 Å². The van der Waals surface area contributed by atoms with E-state index in [4.69, 9.17) is 11.6 Å². The fourth-order valence-corrected chi connectivity index (χ4v) is 4.26. The van der Waals surface area contributed by atoms with E-state index in [1.54, 1.807) is 24.3 Å². The molecule has 1 unspecified atom stereocenters. The average molecular weight is 442 g/mol. The zero-order valence-electron chi connectivity index (χ0n) is 15.4. The number of aromatic hydroxyl groups is 2. The van der Waals surface area contributed by atoms with Crippen LogP contribution in [0.5, 0.6) is 11.5 Å². The number of benzene rings is 2. The summed E-state index contributed by atoms with van der Waals surface area (Å²) >= 11 is 7.35. The highest BCUT2D eigenvalue weighted by Crippen LogP contribution is 2.42. The number of phenols is 2. The van der Waals surface area contributed by atoms with Crippen molar-refractivity contribution in [2.45, 2.75) is 12.6 Å². The number of hydrogen-bond acceptors (Lipinski definition) is 6. The third-order valence-corrected chi connectivity index (χ3v) is 5.99. The summed E-state index contributed by atoms with van der Waals surface area (Å²) in [6.45, 7) is 0.159. The predicted molar refractivity (Wildman–Crippen MR) is 113 cm³/mol. The lowest BCUT2D eigenvalue weighted by Crippen LogP contribution is -2.28. The number of likely N-dealkylation sites (tertiary alicyclic amines) is 1. The van der Waals surface area contributed by atoms with E-state index in [0.29, 0.717) is 16.1 Å². The van der Waals surface area contributed by atoms with Crippen LogP contribution in [0.15, 0.2) is 65.6 Å². The highest BCUT2D eigenvalue weighted by atomic mass is 35.5. The van der Waals surface area contributed by atoms with Crippen LogP contribution in [-0.4, -0.2) is 31.9 Å². The highest BCUT2D eigenvalue weighted by molar-refractivity contribution is 7.09. The van der Waals surface area contributed by atoms with Gasteiger partial charge in [-0.15, -0.1) is 11.3 Å². The Morgan fingerprint density at radius 1 is 1.03 bits per heavy atom. The Bertz CT molecular complexity index is 1150. The molecular formula is C22H16ClNO5S. The molecule has 1 amide bonds. The molecule has 2 heterocycles. The lowest BCUT2D eigenvalue weighted by Gasteiger charge is -2.25. The van der Waals surface area contributed by atoms with Crippen molar-refractivity contribution in [1.29, 1.82) is 0 Å². The molecule has 152 valence electrons. The Morgan fingerprint density at radius 2 is 1.77 bits per heavy atom. The molecule has 0 spiro atoms. The van der Waals surface area contributed by atoms with Gasteiger partial charge in [-0.3, -0.25) is 9.59 Å². The van der Waals surface area contributed by atoms with Crippen molar-refractivity contribution in [3.63, 3.8) is 0 Å². The van der Waals surface area contributed by atoms with Crippen LogP contribution < -0.4 is 0 Å². The van der Waals surface area contributed by atoms with E-state index >= 15 is 0 Å². The molecule has 1 aromatic heterocycles. The monoisotopic (exact) mass is 441 g/mol. The summed E-state index contributed by atoms with van der Waals surface area (Å²) in [5.41, 5.74) is 0.627. The number of aliphatic hydroxyl groups is 1. The number of carbonyl (C=O) groups excluding carboxylic acids is 2. The summed E-state index contributed by atoms with van der Waals surface area (Å²) < 4.78 is 0. The molecule has 1 aliphatic rings. The number of carbonyl (C=O) groups is 2. The van der Waals surface area contributed by atoms with Gasteiger partial charge in [-0.25, -0.2) is 0 Å². The molecule has 1 saturated heterocycles. The van der Waals surface area contributed by atoms with Gasteiger partial charge in [0.15, 0.2) is 11.5 Å². The van der Waals surface area contributed by atoms with Crippen LogP contribution in [0.1, 0.15) is 22.0 Å². The van der Waals surface area contributed by atoms with Crippen LogP contribution in [-0.2, 0) is 16.1 Å². The molecule has 1 aliphatic heterocycles. The molecule has 1 fully saturated rings. The lowest BCUT2D eigenvalue weighted by atomic mass is 9.95. The Kier molecular flexibility index (Phi) is 5.24. The minimum Gasteiger partial charge on any atom is -0.507 e. The molecule has 0 saturated carbocycles. The number of amides is 1. The summed E-state index contributed by atoms with van der Waals surface area (Å²) in [6.07, 6.45) is 0. The Hall–Kier alpha value is -3.29. The van der Waals surface area contributed by atoms with Gasteiger partial charge >= 0.3 is 0 Å². The van der Waals surface area contributed by atoms with Gasteiger partial charge in [0, 0.05) is 15.5 Å². The van der Waals surface area contributed by atoms with Gasteiger partial charge in [-0.2, -0.15) is 0 Å². The van der Waals surface area contributed by atoms with Crippen molar-refractivity contribution >= 4 is 40.4 Å². The predicted octanol–water partition coefficient (Wildman–Crippen LogP) is 4.43. The van der Waals surface area contributed by atoms with Crippen molar-refractivity contribution in [3.8, 4) is 11.5 Å². The maximum Gasteiger partial charge on any atom is 0.295 e. The quantitative estimate of drug-likeness (QED) is 0.241. The molecule has 4 rings (SSSR count). The fourth-order valence-electron chi connectivity index (χ4n) is 3.43. The molecular weight excluding hydrogens is 426 g/mol. The van der Waals surface area contributed by atoms with E-state index in [1.165, 1.54) is 34.4 Å². The normalized spacial score (nSPS) is 18.2. The summed E-state index contributed by atoms with van der Waals surface area (Å²) in [4.78, 5) is 28.0. The third-order valence-electron chi connectivity index (χ3n) is 4.88. The number of thiophene rings is 1. The van der Waals surface area contributed by atoms with Crippen LogP contribution in [0, 0.1) is 0 Å². The summed E-state index contributed by atoms with van der Waals surface area (Å²) in [5, 5.41) is 32.9. The number of ketones is 1. The fraction of sp³-hybridized carbons (Fsp3) is 0.0909. The standard InChI is InChI=1S/C22H16ClNO5S/c23-14-6-3-12(4-7-14)20(27)18-19(13-5-8-16(25)17(26)10-13)24(22(29)21(18)28)11-15-2-1-9-30-15/h1-10,19,25-27H,11H2/b20-18+. The molecule has 0 bridgehead atoms. The molecule has 6 nitrogen and oxygen atoms in total. The number of phenolic OH excluding ortho intramolecular Hbond substituents is 2. The topological polar surface area (TPSA) is 98.1 Å². The van der Waals surface area contributed by atoms with E-state index in [0.717, 1.165) is 4.88 Å². The minimum atomic E-state index is -0.936. The second-order valence-corrected chi connectivity index (χ2v) is 8.23.